The molecule has 86 valence electrons. The zero-order valence-corrected chi connectivity index (χ0v) is 9.24. The van der Waals surface area contributed by atoms with Gasteiger partial charge in [-0.15, -0.1) is 0 Å². The molecule has 0 aliphatic heterocycles. The molecule has 0 radical (unpaired) electrons. The molecule has 0 bridgehead atoms. The molecule has 0 spiro atoms. The second kappa shape index (κ2) is 4.32. The van der Waals surface area contributed by atoms with Gasteiger partial charge in [-0.2, -0.15) is 5.26 Å². The summed E-state index contributed by atoms with van der Waals surface area (Å²) in [6.07, 6.45) is 2.08. The lowest BCUT2D eigenvalue weighted by Gasteiger charge is -2.03. The molecule has 0 amide bonds. The van der Waals surface area contributed by atoms with Gasteiger partial charge in [-0.3, -0.25) is 14.3 Å². The van der Waals surface area contributed by atoms with Gasteiger partial charge in [-0.1, -0.05) is 0 Å². The number of aryl methyl sites for hydroxylation is 1. The van der Waals surface area contributed by atoms with Gasteiger partial charge in [0, 0.05) is 19.0 Å². The van der Waals surface area contributed by atoms with Crippen LogP contribution in [-0.4, -0.2) is 30.0 Å². The minimum atomic E-state index is -3.20. The highest BCUT2D eigenvalue weighted by atomic mass is 32.2. The minimum absolute atomic E-state index is 0.0941. The van der Waals surface area contributed by atoms with Crippen molar-refractivity contribution in [3.63, 3.8) is 0 Å². The summed E-state index contributed by atoms with van der Waals surface area (Å²) < 4.78 is 22.8. The number of aromatic amines is 1. The van der Waals surface area contributed by atoms with Crippen molar-refractivity contribution in [1.82, 2.24) is 9.55 Å². The third-order valence-electron chi connectivity index (χ3n) is 1.83. The van der Waals surface area contributed by atoms with Crippen molar-refractivity contribution >= 4 is 9.84 Å². The van der Waals surface area contributed by atoms with Crippen LogP contribution in [-0.2, 0) is 16.4 Å². The molecule has 0 saturated carbocycles. The summed E-state index contributed by atoms with van der Waals surface area (Å²) in [5.74, 6) is -0.232. The molecule has 0 fully saturated rings. The van der Waals surface area contributed by atoms with Crippen molar-refractivity contribution in [2.45, 2.75) is 6.54 Å². The maximum absolute atomic E-state index is 11.2. The molecule has 0 aliphatic rings. The SMILES string of the molecule is CS(=O)(=O)CCn1cc(C#N)c(=O)[nH]c1=O. The van der Waals surface area contributed by atoms with Crippen molar-refractivity contribution in [1.29, 1.82) is 5.26 Å². The van der Waals surface area contributed by atoms with Crippen LogP contribution < -0.4 is 11.2 Å². The second-order valence-electron chi connectivity index (χ2n) is 3.24. The lowest BCUT2D eigenvalue weighted by molar-refractivity contribution is 0.591. The van der Waals surface area contributed by atoms with Crippen LogP contribution in [0, 0.1) is 11.3 Å². The van der Waals surface area contributed by atoms with Crippen molar-refractivity contribution in [3.05, 3.63) is 32.6 Å². The molecule has 1 rings (SSSR count). The Kier molecular flexibility index (Phi) is 3.29. The first-order chi connectivity index (χ1) is 7.33. The van der Waals surface area contributed by atoms with Crippen LogP contribution in [0.15, 0.2) is 15.8 Å². The Morgan fingerprint density at radius 3 is 2.62 bits per heavy atom. The van der Waals surface area contributed by atoms with Gasteiger partial charge in [0.05, 0.1) is 5.75 Å². The highest BCUT2D eigenvalue weighted by molar-refractivity contribution is 7.90. The molecule has 1 aromatic rings. The molecule has 0 unspecified atom stereocenters. The number of H-pyrrole nitrogens is 1. The maximum Gasteiger partial charge on any atom is 0.328 e. The van der Waals surface area contributed by atoms with E-state index in [1.807, 2.05) is 4.98 Å². The maximum atomic E-state index is 11.2. The topological polar surface area (TPSA) is 113 Å². The first kappa shape index (κ1) is 12.2. The fourth-order valence-electron chi connectivity index (χ4n) is 1.02. The summed E-state index contributed by atoms with van der Waals surface area (Å²) >= 11 is 0. The molecule has 0 aromatic carbocycles. The average Bonchev–Trinajstić information content (AvgIpc) is 2.15. The lowest BCUT2D eigenvalue weighted by atomic mass is 10.4. The van der Waals surface area contributed by atoms with Gasteiger partial charge in [-0.25, -0.2) is 13.2 Å². The van der Waals surface area contributed by atoms with Crippen LogP contribution in [0.25, 0.3) is 0 Å². The van der Waals surface area contributed by atoms with E-state index in [1.165, 1.54) is 0 Å². The van der Waals surface area contributed by atoms with E-state index in [-0.39, 0.29) is 17.9 Å². The van der Waals surface area contributed by atoms with Gasteiger partial charge >= 0.3 is 5.69 Å². The van der Waals surface area contributed by atoms with E-state index < -0.39 is 21.1 Å². The summed E-state index contributed by atoms with van der Waals surface area (Å²) in [6.45, 7) is -0.0941. The number of nitrogens with zero attached hydrogens (tertiary/aromatic N) is 2. The van der Waals surface area contributed by atoms with Crippen molar-refractivity contribution in [2.24, 2.45) is 0 Å². The molecule has 7 nitrogen and oxygen atoms in total. The number of rotatable bonds is 3. The van der Waals surface area contributed by atoms with E-state index in [4.69, 9.17) is 5.26 Å². The smallest absolute Gasteiger partial charge is 0.298 e. The molecule has 1 N–H and O–H groups in total. The summed E-state index contributed by atoms with van der Waals surface area (Å²) in [7, 11) is -3.20. The zero-order chi connectivity index (χ0) is 12.3. The lowest BCUT2D eigenvalue weighted by Crippen LogP contribution is -2.32. The normalized spacial score (nSPS) is 11.0. The minimum Gasteiger partial charge on any atom is -0.298 e. The third-order valence-corrected chi connectivity index (χ3v) is 2.76. The van der Waals surface area contributed by atoms with Crippen molar-refractivity contribution < 1.29 is 8.42 Å². The summed E-state index contributed by atoms with van der Waals surface area (Å²) in [6, 6.07) is 1.61. The predicted molar refractivity (Wildman–Crippen MR) is 55.7 cm³/mol. The van der Waals surface area contributed by atoms with Crippen LogP contribution in [0.4, 0.5) is 0 Å². The van der Waals surface area contributed by atoms with Crippen LogP contribution in [0.1, 0.15) is 5.56 Å². The van der Waals surface area contributed by atoms with Crippen LogP contribution in [0.3, 0.4) is 0 Å². The van der Waals surface area contributed by atoms with Gasteiger partial charge < -0.3 is 0 Å². The van der Waals surface area contributed by atoms with E-state index in [0.717, 1.165) is 17.0 Å². The zero-order valence-electron chi connectivity index (χ0n) is 8.43. The standard InChI is InChI=1S/C8H9N3O4S/c1-16(14,15)3-2-11-5-6(4-9)7(12)10-8(11)13/h5H,2-3H2,1H3,(H,10,12,13). The quantitative estimate of drug-likeness (QED) is 0.690. The van der Waals surface area contributed by atoms with E-state index in [1.54, 1.807) is 6.07 Å². The number of nitriles is 1. The number of hydrogen-bond acceptors (Lipinski definition) is 5. The molecule has 8 heteroatoms. The Bertz CT molecular complexity index is 647. The number of aromatic nitrogens is 2. The Morgan fingerprint density at radius 1 is 1.50 bits per heavy atom. The highest BCUT2D eigenvalue weighted by Crippen LogP contribution is 1.89. The summed E-state index contributed by atoms with van der Waals surface area (Å²) in [4.78, 5) is 24.2. The summed E-state index contributed by atoms with van der Waals surface area (Å²) in [5, 5.41) is 8.56. The molecular formula is C8H9N3O4S. The molecule has 1 heterocycles. The summed E-state index contributed by atoms with van der Waals surface area (Å²) in [5.41, 5.74) is -1.73. The molecule has 0 atom stereocenters. The third kappa shape index (κ3) is 3.06. The second-order valence-corrected chi connectivity index (χ2v) is 5.50. The van der Waals surface area contributed by atoms with Gasteiger partial charge in [-0.05, 0) is 0 Å². The Labute approximate surface area is 90.9 Å². The number of nitrogens with one attached hydrogen (secondary N) is 1. The average molecular weight is 243 g/mol. The van der Waals surface area contributed by atoms with Gasteiger partial charge in [0.1, 0.15) is 21.5 Å². The largest absolute Gasteiger partial charge is 0.328 e. The first-order valence-corrected chi connectivity index (χ1v) is 6.31. The van der Waals surface area contributed by atoms with Crippen LogP contribution in [0.5, 0.6) is 0 Å². The number of hydrogen-bond donors (Lipinski definition) is 1. The number of sulfone groups is 1. The molecule has 1 aromatic heterocycles. The molecule has 0 saturated heterocycles. The predicted octanol–water partition coefficient (Wildman–Crippen LogP) is -1.55. The molecule has 0 aliphatic carbocycles. The fraction of sp³-hybridized carbons (Fsp3) is 0.375. The van der Waals surface area contributed by atoms with Crippen molar-refractivity contribution in [3.8, 4) is 6.07 Å². The van der Waals surface area contributed by atoms with Crippen LogP contribution >= 0.6 is 0 Å². The van der Waals surface area contributed by atoms with Crippen molar-refractivity contribution in [2.75, 3.05) is 12.0 Å². The molecular weight excluding hydrogens is 234 g/mol. The Balaban J connectivity index is 3.12. The van der Waals surface area contributed by atoms with Gasteiger partial charge in [0.2, 0.25) is 0 Å². The monoisotopic (exact) mass is 243 g/mol. The van der Waals surface area contributed by atoms with E-state index in [2.05, 4.69) is 0 Å². The van der Waals surface area contributed by atoms with E-state index in [0.29, 0.717) is 0 Å². The van der Waals surface area contributed by atoms with Gasteiger partial charge in [0.15, 0.2) is 0 Å². The van der Waals surface area contributed by atoms with E-state index in [9.17, 15) is 18.0 Å². The van der Waals surface area contributed by atoms with E-state index >= 15 is 0 Å². The fourth-order valence-corrected chi connectivity index (χ4v) is 1.55. The highest BCUT2D eigenvalue weighted by Gasteiger charge is 2.07. The van der Waals surface area contributed by atoms with Gasteiger partial charge in [0.25, 0.3) is 5.56 Å². The Hall–Kier alpha value is -1.88. The molecule has 16 heavy (non-hydrogen) atoms. The first-order valence-electron chi connectivity index (χ1n) is 4.25. The Morgan fingerprint density at radius 2 is 2.12 bits per heavy atom. The van der Waals surface area contributed by atoms with Crippen LogP contribution in [0.2, 0.25) is 0 Å².